The summed E-state index contributed by atoms with van der Waals surface area (Å²) in [6, 6.07) is 5.83. The fourth-order valence-corrected chi connectivity index (χ4v) is 5.61. The fraction of sp³-hybridized carbons (Fsp3) is 0.650. The number of ether oxygens (including phenoxy) is 1. The molecule has 1 amide bonds. The molecule has 0 radical (unpaired) electrons. The molecule has 4 heteroatoms. The zero-order valence-electron chi connectivity index (χ0n) is 14.5. The van der Waals surface area contributed by atoms with Gasteiger partial charge in [-0.15, -0.1) is 0 Å². The van der Waals surface area contributed by atoms with Gasteiger partial charge < -0.3 is 15.2 Å². The summed E-state index contributed by atoms with van der Waals surface area (Å²) in [4.78, 5) is 12.6. The molecule has 130 valence electrons. The highest BCUT2D eigenvalue weighted by Crippen LogP contribution is 2.57. The van der Waals surface area contributed by atoms with Crippen molar-refractivity contribution in [3.63, 3.8) is 0 Å². The van der Waals surface area contributed by atoms with Crippen LogP contribution < -0.4 is 5.32 Å². The van der Waals surface area contributed by atoms with Crippen molar-refractivity contribution in [1.82, 2.24) is 5.32 Å². The van der Waals surface area contributed by atoms with Crippen LogP contribution in [0.2, 0.25) is 0 Å². The van der Waals surface area contributed by atoms with Crippen molar-refractivity contribution in [2.45, 2.75) is 51.0 Å². The molecule has 3 aliphatic rings. The molecular weight excluding hydrogens is 302 g/mol. The molecule has 2 aliphatic carbocycles. The molecule has 1 heterocycles. The number of aromatic hydroxyl groups is 1. The molecule has 24 heavy (non-hydrogen) atoms. The number of benzene rings is 1. The highest BCUT2D eigenvalue weighted by Gasteiger charge is 2.57. The van der Waals surface area contributed by atoms with Crippen molar-refractivity contribution in [2.24, 2.45) is 17.8 Å². The fourth-order valence-electron chi connectivity index (χ4n) is 5.61. The van der Waals surface area contributed by atoms with E-state index in [4.69, 9.17) is 4.74 Å². The first-order chi connectivity index (χ1) is 11.5. The van der Waals surface area contributed by atoms with Crippen LogP contribution >= 0.6 is 0 Å². The van der Waals surface area contributed by atoms with Gasteiger partial charge in [-0.25, -0.2) is 0 Å². The van der Waals surface area contributed by atoms with Crippen LogP contribution in [0, 0.1) is 17.8 Å². The molecule has 1 aromatic rings. The summed E-state index contributed by atoms with van der Waals surface area (Å²) in [6.07, 6.45) is 4.19. The van der Waals surface area contributed by atoms with Gasteiger partial charge in [0.25, 0.3) is 0 Å². The number of carbonyl (C=O) groups excluding carboxylic acids is 1. The smallest absolute Gasteiger partial charge is 0.225 e. The summed E-state index contributed by atoms with van der Waals surface area (Å²) in [5.74, 6) is 1.77. The molecular formula is C20H27NO3. The van der Waals surface area contributed by atoms with Crippen LogP contribution in [0.4, 0.5) is 0 Å². The van der Waals surface area contributed by atoms with Crippen molar-refractivity contribution in [2.75, 3.05) is 13.2 Å². The summed E-state index contributed by atoms with van der Waals surface area (Å²) in [5, 5.41) is 12.8. The second-order valence-electron chi connectivity index (χ2n) is 7.88. The van der Waals surface area contributed by atoms with Crippen molar-refractivity contribution in [1.29, 1.82) is 0 Å². The summed E-state index contributed by atoms with van der Waals surface area (Å²) < 4.78 is 6.18. The summed E-state index contributed by atoms with van der Waals surface area (Å²) in [6.45, 7) is 5.41. The molecule has 5 atom stereocenters. The topological polar surface area (TPSA) is 58.6 Å². The lowest BCUT2D eigenvalue weighted by Crippen LogP contribution is -2.49. The zero-order valence-corrected chi connectivity index (χ0v) is 14.5. The molecule has 0 aromatic heterocycles. The minimum atomic E-state index is -0.161. The van der Waals surface area contributed by atoms with E-state index >= 15 is 0 Å². The number of amides is 1. The summed E-state index contributed by atoms with van der Waals surface area (Å²) in [7, 11) is 0. The van der Waals surface area contributed by atoms with Gasteiger partial charge in [0.2, 0.25) is 5.91 Å². The van der Waals surface area contributed by atoms with Gasteiger partial charge in [0.05, 0.1) is 18.1 Å². The molecule has 2 N–H and O–H groups in total. The van der Waals surface area contributed by atoms with Crippen LogP contribution in [0.1, 0.15) is 50.2 Å². The van der Waals surface area contributed by atoms with Crippen LogP contribution in [0.3, 0.4) is 0 Å². The normalized spacial score (nSPS) is 37.2. The van der Waals surface area contributed by atoms with Gasteiger partial charge in [0.15, 0.2) is 0 Å². The van der Waals surface area contributed by atoms with Gasteiger partial charge in [-0.1, -0.05) is 6.07 Å². The van der Waals surface area contributed by atoms with Crippen LogP contribution in [-0.4, -0.2) is 29.8 Å². The average Bonchev–Trinajstić information content (AvgIpc) is 2.92. The Labute approximate surface area is 143 Å². The number of nitrogens with one attached hydrogen (secondary N) is 1. The third-order valence-corrected chi connectivity index (χ3v) is 6.62. The van der Waals surface area contributed by atoms with E-state index in [1.54, 1.807) is 6.07 Å². The summed E-state index contributed by atoms with van der Waals surface area (Å²) in [5.41, 5.74) is 2.51. The standard InChI is InChI=1S/C20H27NO3/c1-3-21-19(23)17-11-24-20(2)9-8-15-14-7-5-13(22)10-12(14)4-6-16(15)18(17)20/h5,7,10,15-18,22H,3-4,6,8-9,11H2,1-2H3,(H,21,23)/t15-,16-,17+,18-,20+/m1/s1. The number of rotatable bonds is 2. The van der Waals surface area contributed by atoms with Crippen LogP contribution in [0.15, 0.2) is 18.2 Å². The van der Waals surface area contributed by atoms with E-state index in [0.29, 0.717) is 36.7 Å². The number of aryl methyl sites for hydroxylation is 1. The molecule has 1 aliphatic heterocycles. The van der Waals surface area contributed by atoms with E-state index in [2.05, 4.69) is 18.3 Å². The van der Waals surface area contributed by atoms with Gasteiger partial charge in [-0.05, 0) is 74.6 Å². The molecule has 1 aromatic carbocycles. The number of phenolic OH excluding ortho intramolecular Hbond substituents is 1. The monoisotopic (exact) mass is 329 g/mol. The second-order valence-corrected chi connectivity index (χ2v) is 7.88. The van der Waals surface area contributed by atoms with Crippen LogP contribution in [-0.2, 0) is 16.0 Å². The molecule has 2 fully saturated rings. The third kappa shape index (κ3) is 2.34. The van der Waals surface area contributed by atoms with Crippen LogP contribution in [0.5, 0.6) is 5.75 Å². The largest absolute Gasteiger partial charge is 0.508 e. The minimum absolute atomic E-state index is 0.0265. The maximum absolute atomic E-state index is 12.6. The number of hydrogen-bond donors (Lipinski definition) is 2. The Kier molecular flexibility index (Phi) is 3.83. The number of carbonyl (C=O) groups is 1. The number of phenols is 1. The quantitative estimate of drug-likeness (QED) is 0.877. The lowest BCUT2D eigenvalue weighted by atomic mass is 9.56. The Hall–Kier alpha value is -1.55. The lowest BCUT2D eigenvalue weighted by molar-refractivity contribution is -0.127. The first kappa shape index (κ1) is 15.9. The van der Waals surface area contributed by atoms with Crippen molar-refractivity contribution < 1.29 is 14.6 Å². The second kappa shape index (κ2) is 5.76. The maximum atomic E-state index is 12.6. The van der Waals surface area contributed by atoms with E-state index < -0.39 is 0 Å². The Morgan fingerprint density at radius 1 is 1.42 bits per heavy atom. The van der Waals surface area contributed by atoms with E-state index in [1.165, 1.54) is 11.1 Å². The van der Waals surface area contributed by atoms with E-state index in [1.807, 2.05) is 13.0 Å². The van der Waals surface area contributed by atoms with E-state index in [0.717, 1.165) is 25.7 Å². The molecule has 4 nitrogen and oxygen atoms in total. The van der Waals surface area contributed by atoms with Crippen molar-refractivity contribution in [3.05, 3.63) is 29.3 Å². The Balaban J connectivity index is 1.68. The number of hydrogen-bond acceptors (Lipinski definition) is 3. The van der Waals surface area contributed by atoms with Crippen molar-refractivity contribution >= 4 is 5.91 Å². The SMILES string of the molecule is CCNC(=O)[C@H]1CO[C@@]2(C)CC[C@@H]3c4ccc(O)cc4CC[C@H]3[C@H]12. The predicted molar refractivity (Wildman–Crippen MR) is 91.9 cm³/mol. The predicted octanol–water partition coefficient (Wildman–Crippen LogP) is 2.99. The molecule has 4 rings (SSSR count). The van der Waals surface area contributed by atoms with Gasteiger partial charge in [0, 0.05) is 12.5 Å². The molecule has 1 saturated heterocycles. The molecule has 0 unspecified atom stereocenters. The van der Waals surface area contributed by atoms with Gasteiger partial charge >= 0.3 is 0 Å². The number of fused-ring (bicyclic) bond motifs is 5. The average molecular weight is 329 g/mol. The molecule has 0 bridgehead atoms. The third-order valence-electron chi connectivity index (χ3n) is 6.62. The molecule has 1 saturated carbocycles. The van der Waals surface area contributed by atoms with Gasteiger partial charge in [-0.3, -0.25) is 4.79 Å². The Morgan fingerprint density at radius 2 is 2.25 bits per heavy atom. The first-order valence-electron chi connectivity index (χ1n) is 9.27. The van der Waals surface area contributed by atoms with Crippen molar-refractivity contribution in [3.8, 4) is 5.75 Å². The summed E-state index contributed by atoms with van der Waals surface area (Å²) >= 11 is 0. The van der Waals surface area contributed by atoms with Crippen LogP contribution in [0.25, 0.3) is 0 Å². The minimum Gasteiger partial charge on any atom is -0.508 e. The Morgan fingerprint density at radius 3 is 3.04 bits per heavy atom. The maximum Gasteiger partial charge on any atom is 0.225 e. The highest BCUT2D eigenvalue weighted by atomic mass is 16.5. The zero-order chi connectivity index (χ0) is 16.9. The Bertz CT molecular complexity index is 658. The molecule has 0 spiro atoms. The lowest BCUT2D eigenvalue weighted by Gasteiger charge is -2.49. The van der Waals surface area contributed by atoms with Gasteiger partial charge in [-0.2, -0.15) is 0 Å². The van der Waals surface area contributed by atoms with E-state index in [9.17, 15) is 9.90 Å². The highest BCUT2D eigenvalue weighted by molar-refractivity contribution is 5.79. The first-order valence-corrected chi connectivity index (χ1v) is 9.27. The van der Waals surface area contributed by atoms with Gasteiger partial charge in [0.1, 0.15) is 5.75 Å². The van der Waals surface area contributed by atoms with E-state index in [-0.39, 0.29) is 17.4 Å².